The van der Waals surface area contributed by atoms with E-state index in [4.69, 9.17) is 0 Å². The molecule has 2 rings (SSSR count). The highest BCUT2D eigenvalue weighted by molar-refractivity contribution is 9.10. The number of aliphatic hydroxyl groups is 1. The Morgan fingerprint density at radius 1 is 1.35 bits per heavy atom. The lowest BCUT2D eigenvalue weighted by atomic mass is 9.96. The molecule has 1 N–H and O–H groups in total. The molecule has 4 heteroatoms. The number of hydrogen-bond donors (Lipinski definition) is 1. The Labute approximate surface area is 109 Å². The van der Waals surface area contributed by atoms with Gasteiger partial charge in [0.15, 0.2) is 0 Å². The number of carbonyl (C=O) groups is 1. The van der Waals surface area contributed by atoms with Gasteiger partial charge in [0.05, 0.1) is 0 Å². The Balaban J connectivity index is 2.42. The maximum Gasteiger partial charge on any atom is 0.243 e. The van der Waals surface area contributed by atoms with Crippen LogP contribution in [0, 0.1) is 0 Å². The van der Waals surface area contributed by atoms with Gasteiger partial charge >= 0.3 is 0 Å². The van der Waals surface area contributed by atoms with E-state index in [1.807, 2.05) is 37.3 Å². The van der Waals surface area contributed by atoms with Crippen molar-refractivity contribution in [1.82, 2.24) is 4.90 Å². The molecule has 2 atom stereocenters. The van der Waals surface area contributed by atoms with Gasteiger partial charge in [-0.25, -0.2) is 0 Å². The Morgan fingerprint density at radius 2 is 2.00 bits per heavy atom. The first-order valence-corrected chi connectivity index (χ1v) is 6.46. The van der Waals surface area contributed by atoms with Gasteiger partial charge in [0, 0.05) is 18.3 Å². The molecular weight excluding hydrogens is 282 g/mol. The fourth-order valence-corrected chi connectivity index (χ4v) is 2.43. The molecule has 1 aromatic carbocycles. The Morgan fingerprint density at radius 3 is 2.59 bits per heavy atom. The Kier molecular flexibility index (Phi) is 3.64. The molecule has 0 fully saturated rings. The topological polar surface area (TPSA) is 40.5 Å². The minimum Gasteiger partial charge on any atom is -0.387 e. The second kappa shape index (κ2) is 5.02. The lowest BCUT2D eigenvalue weighted by Gasteiger charge is -2.31. The van der Waals surface area contributed by atoms with Crippen molar-refractivity contribution in [1.29, 1.82) is 0 Å². The van der Waals surface area contributed by atoms with Crippen LogP contribution in [0.4, 0.5) is 0 Å². The lowest BCUT2D eigenvalue weighted by molar-refractivity contribution is -0.129. The molecule has 0 aromatic heterocycles. The van der Waals surface area contributed by atoms with Crippen LogP contribution in [-0.4, -0.2) is 33.4 Å². The predicted octanol–water partition coefficient (Wildman–Crippen LogP) is 2.01. The van der Waals surface area contributed by atoms with E-state index in [1.165, 1.54) is 0 Å². The van der Waals surface area contributed by atoms with Gasteiger partial charge in [-0.2, -0.15) is 0 Å². The van der Waals surface area contributed by atoms with Crippen molar-refractivity contribution in [3.8, 4) is 0 Å². The molecule has 17 heavy (non-hydrogen) atoms. The summed E-state index contributed by atoms with van der Waals surface area (Å²) < 4.78 is 0. The number of amides is 1. The van der Waals surface area contributed by atoms with Crippen LogP contribution < -0.4 is 0 Å². The first-order valence-electron chi connectivity index (χ1n) is 5.55. The molecule has 0 saturated carbocycles. The zero-order chi connectivity index (χ0) is 12.4. The third kappa shape index (κ3) is 2.28. The van der Waals surface area contributed by atoms with Crippen LogP contribution in [-0.2, 0) is 4.79 Å². The van der Waals surface area contributed by atoms with Gasteiger partial charge in [-0.15, -0.1) is 0 Å². The monoisotopic (exact) mass is 295 g/mol. The van der Waals surface area contributed by atoms with E-state index in [1.54, 1.807) is 11.1 Å². The summed E-state index contributed by atoms with van der Waals surface area (Å²) in [4.78, 5) is 12.9. The van der Waals surface area contributed by atoms with Gasteiger partial charge in [0.2, 0.25) is 5.91 Å². The van der Waals surface area contributed by atoms with Crippen molar-refractivity contribution in [3.63, 3.8) is 0 Å². The Bertz CT molecular complexity index is 444. The summed E-state index contributed by atoms with van der Waals surface area (Å²) in [5.74, 6) is -0.0975. The zero-order valence-electron chi connectivity index (χ0n) is 9.51. The van der Waals surface area contributed by atoms with Crippen molar-refractivity contribution < 1.29 is 9.90 Å². The van der Waals surface area contributed by atoms with E-state index >= 15 is 0 Å². The first-order chi connectivity index (χ1) is 8.15. The molecular formula is C13H14BrNO2. The Hall–Kier alpha value is -1.13. The third-order valence-electron chi connectivity index (χ3n) is 2.86. The number of aliphatic hydroxyl groups excluding tert-OH is 1. The summed E-state index contributed by atoms with van der Waals surface area (Å²) in [5.41, 5.74) is 1.71. The van der Waals surface area contributed by atoms with Crippen LogP contribution in [0.15, 0.2) is 36.5 Å². The maximum absolute atomic E-state index is 11.8. The van der Waals surface area contributed by atoms with Crippen molar-refractivity contribution in [3.05, 3.63) is 42.1 Å². The fraction of sp³-hybridized carbons (Fsp3) is 0.308. The van der Waals surface area contributed by atoms with Gasteiger partial charge in [-0.05, 0) is 12.5 Å². The second-order valence-corrected chi connectivity index (χ2v) is 4.91. The number of rotatable bonds is 2. The molecule has 2 unspecified atom stereocenters. The van der Waals surface area contributed by atoms with Crippen molar-refractivity contribution in [2.45, 2.75) is 17.9 Å². The van der Waals surface area contributed by atoms with Gasteiger partial charge in [-0.3, -0.25) is 4.79 Å². The van der Waals surface area contributed by atoms with Crippen molar-refractivity contribution in [2.24, 2.45) is 0 Å². The number of benzene rings is 1. The van der Waals surface area contributed by atoms with E-state index in [0.717, 1.165) is 11.1 Å². The summed E-state index contributed by atoms with van der Waals surface area (Å²) in [6.45, 7) is 2.51. The van der Waals surface area contributed by atoms with Crippen LogP contribution in [0.2, 0.25) is 0 Å². The highest BCUT2D eigenvalue weighted by Crippen LogP contribution is 2.29. The zero-order valence-corrected chi connectivity index (χ0v) is 11.1. The largest absolute Gasteiger partial charge is 0.387 e. The number of alkyl halides is 1. The van der Waals surface area contributed by atoms with Crippen LogP contribution in [0.5, 0.6) is 0 Å². The first kappa shape index (κ1) is 12.3. The molecule has 0 radical (unpaired) electrons. The number of halogens is 1. The lowest BCUT2D eigenvalue weighted by Crippen LogP contribution is -2.44. The van der Waals surface area contributed by atoms with Gasteiger partial charge < -0.3 is 10.0 Å². The number of nitrogens with zero attached hydrogens (tertiary/aromatic N) is 1. The second-order valence-electron chi connectivity index (χ2n) is 3.92. The maximum atomic E-state index is 11.8. The van der Waals surface area contributed by atoms with Crippen LogP contribution in [0.25, 0.3) is 5.57 Å². The van der Waals surface area contributed by atoms with E-state index in [9.17, 15) is 9.90 Å². The van der Waals surface area contributed by atoms with Gasteiger partial charge in [0.1, 0.15) is 10.9 Å². The van der Waals surface area contributed by atoms with Crippen LogP contribution in [0.3, 0.4) is 0 Å². The fourth-order valence-electron chi connectivity index (χ4n) is 1.88. The molecule has 0 spiro atoms. The van der Waals surface area contributed by atoms with E-state index in [0.29, 0.717) is 6.54 Å². The molecule has 1 heterocycles. The number of carbonyl (C=O) groups excluding carboxylic acids is 1. The smallest absolute Gasteiger partial charge is 0.243 e. The van der Waals surface area contributed by atoms with Crippen LogP contribution >= 0.6 is 15.9 Å². The summed E-state index contributed by atoms with van der Waals surface area (Å²) in [7, 11) is 0. The summed E-state index contributed by atoms with van der Waals surface area (Å²) in [6.07, 6.45) is 0.938. The predicted molar refractivity (Wildman–Crippen MR) is 70.5 cm³/mol. The van der Waals surface area contributed by atoms with Gasteiger partial charge in [-0.1, -0.05) is 46.3 Å². The average molecular weight is 296 g/mol. The van der Waals surface area contributed by atoms with E-state index in [-0.39, 0.29) is 5.91 Å². The molecule has 1 aliphatic heterocycles. The standard InChI is InChI=1S/C13H14BrNO2/c1-2-15-8-10(9-6-4-3-5-7-9)12(16)11(14)13(15)17/h3-8,11-12,16H,2H2,1H3. The summed E-state index contributed by atoms with van der Waals surface area (Å²) in [6, 6.07) is 9.61. The molecule has 1 aromatic rings. The van der Waals surface area contributed by atoms with Crippen LogP contribution in [0.1, 0.15) is 12.5 Å². The average Bonchev–Trinajstić information content (AvgIpc) is 2.37. The SMILES string of the molecule is CCN1C=C(c2ccccc2)C(O)C(Br)C1=O. The molecule has 3 nitrogen and oxygen atoms in total. The highest BCUT2D eigenvalue weighted by Gasteiger charge is 2.34. The van der Waals surface area contributed by atoms with Crippen molar-refractivity contribution >= 4 is 27.4 Å². The molecule has 0 aliphatic carbocycles. The van der Waals surface area contributed by atoms with E-state index < -0.39 is 10.9 Å². The minimum atomic E-state index is -0.798. The minimum absolute atomic E-state index is 0.0975. The quantitative estimate of drug-likeness (QED) is 0.848. The van der Waals surface area contributed by atoms with Crippen molar-refractivity contribution in [2.75, 3.05) is 6.54 Å². The number of hydrogen-bond acceptors (Lipinski definition) is 2. The molecule has 1 aliphatic rings. The summed E-state index contributed by atoms with van der Waals surface area (Å²) in [5, 5.41) is 10.1. The molecule has 1 amide bonds. The summed E-state index contributed by atoms with van der Waals surface area (Å²) >= 11 is 3.26. The van der Waals surface area contributed by atoms with E-state index in [2.05, 4.69) is 15.9 Å². The highest BCUT2D eigenvalue weighted by atomic mass is 79.9. The third-order valence-corrected chi connectivity index (χ3v) is 3.75. The normalized spacial score (nSPS) is 24.8. The molecule has 0 saturated heterocycles. The van der Waals surface area contributed by atoms with Gasteiger partial charge in [0.25, 0.3) is 0 Å². The molecule has 0 bridgehead atoms. The molecule has 90 valence electrons.